The van der Waals surface area contributed by atoms with E-state index >= 15 is 0 Å². The number of thiophene rings is 1. The first-order valence-electron chi connectivity index (χ1n) is 8.45. The molecule has 0 spiro atoms. The lowest BCUT2D eigenvalue weighted by molar-refractivity contribution is 0.360. The van der Waals surface area contributed by atoms with Gasteiger partial charge >= 0.3 is 0 Å². The molecule has 0 saturated carbocycles. The van der Waals surface area contributed by atoms with Crippen molar-refractivity contribution in [3.05, 3.63) is 16.3 Å². The summed E-state index contributed by atoms with van der Waals surface area (Å²) in [5.41, 5.74) is 1.55. The molecule has 2 aromatic rings. The minimum Gasteiger partial charge on any atom is -0.355 e. The van der Waals surface area contributed by atoms with Gasteiger partial charge in [0, 0.05) is 24.5 Å². The van der Waals surface area contributed by atoms with Gasteiger partial charge in [0.2, 0.25) is 0 Å². The topological polar surface area (TPSA) is 32.3 Å². The third-order valence-electron chi connectivity index (χ3n) is 4.93. The van der Waals surface area contributed by atoms with Crippen molar-refractivity contribution in [3.63, 3.8) is 0 Å². The van der Waals surface area contributed by atoms with E-state index in [0.717, 1.165) is 25.5 Å². The number of aromatic nitrogens is 2. The van der Waals surface area contributed by atoms with E-state index in [-0.39, 0.29) is 0 Å². The molecule has 1 fully saturated rings. The van der Waals surface area contributed by atoms with Crippen molar-refractivity contribution >= 4 is 27.4 Å². The van der Waals surface area contributed by atoms with E-state index in [9.17, 15) is 0 Å². The minimum absolute atomic E-state index is 0.915. The Labute approximate surface area is 136 Å². The van der Waals surface area contributed by atoms with Crippen LogP contribution in [-0.4, -0.2) is 48.1 Å². The number of aryl methyl sites for hydroxylation is 3. The Hall–Kier alpha value is -1.20. The van der Waals surface area contributed by atoms with Crippen LogP contribution in [0.3, 0.4) is 0 Å². The van der Waals surface area contributed by atoms with Crippen molar-refractivity contribution in [1.29, 1.82) is 0 Å². The molecular weight excluding hydrogens is 292 g/mol. The van der Waals surface area contributed by atoms with Gasteiger partial charge in [-0.05, 0) is 58.2 Å². The van der Waals surface area contributed by atoms with Gasteiger partial charge < -0.3 is 9.80 Å². The van der Waals surface area contributed by atoms with E-state index < -0.39 is 0 Å². The first-order valence-corrected chi connectivity index (χ1v) is 9.26. The summed E-state index contributed by atoms with van der Waals surface area (Å²) in [6.07, 6.45) is 6.30. The molecule has 2 aliphatic rings. The number of anilines is 1. The van der Waals surface area contributed by atoms with E-state index in [4.69, 9.17) is 9.97 Å². The normalized spacial score (nSPS) is 20.2. The zero-order chi connectivity index (χ0) is 15.1. The molecule has 4 rings (SSSR count). The van der Waals surface area contributed by atoms with Crippen LogP contribution >= 0.6 is 11.3 Å². The molecule has 0 N–H and O–H groups in total. The Morgan fingerprint density at radius 1 is 0.955 bits per heavy atom. The van der Waals surface area contributed by atoms with Crippen LogP contribution in [0, 0.1) is 6.92 Å². The highest BCUT2D eigenvalue weighted by Gasteiger charge is 2.24. The van der Waals surface area contributed by atoms with Crippen LogP contribution in [0.15, 0.2) is 0 Å². The summed E-state index contributed by atoms with van der Waals surface area (Å²) in [6, 6.07) is 0. The summed E-state index contributed by atoms with van der Waals surface area (Å²) in [5, 5.41) is 1.37. The standard InChI is InChI=1S/C17H24N4S/c1-12-18-16(21-9-5-8-20(2)10-11-21)15-13-6-3-4-7-14(13)22-17(15)19-12/h3-11H2,1-2H3. The molecule has 0 bridgehead atoms. The molecule has 0 aromatic carbocycles. The Morgan fingerprint density at radius 3 is 2.73 bits per heavy atom. The molecule has 5 heteroatoms. The zero-order valence-electron chi connectivity index (χ0n) is 13.6. The second kappa shape index (κ2) is 5.78. The van der Waals surface area contributed by atoms with Crippen LogP contribution in [0.2, 0.25) is 0 Å². The summed E-state index contributed by atoms with van der Waals surface area (Å²) in [7, 11) is 2.22. The molecule has 1 saturated heterocycles. The van der Waals surface area contributed by atoms with Gasteiger partial charge in [-0.1, -0.05) is 0 Å². The second-order valence-corrected chi connectivity index (χ2v) is 7.71. The molecule has 0 unspecified atom stereocenters. The SMILES string of the molecule is Cc1nc(N2CCCN(C)CC2)c2c3c(sc2n1)CCCC3. The van der Waals surface area contributed by atoms with Crippen molar-refractivity contribution in [3.8, 4) is 0 Å². The Morgan fingerprint density at radius 2 is 1.82 bits per heavy atom. The summed E-state index contributed by atoms with van der Waals surface area (Å²) < 4.78 is 0. The van der Waals surface area contributed by atoms with Crippen molar-refractivity contribution in [1.82, 2.24) is 14.9 Å². The Kier molecular flexibility index (Phi) is 3.78. The van der Waals surface area contributed by atoms with Gasteiger partial charge in [-0.15, -0.1) is 11.3 Å². The maximum Gasteiger partial charge on any atom is 0.141 e. The third kappa shape index (κ3) is 2.50. The van der Waals surface area contributed by atoms with Crippen molar-refractivity contribution in [2.75, 3.05) is 38.1 Å². The highest BCUT2D eigenvalue weighted by atomic mass is 32.1. The molecular formula is C17H24N4S. The van der Waals surface area contributed by atoms with Gasteiger partial charge in [0.15, 0.2) is 0 Å². The number of likely N-dealkylation sites (N-methyl/N-ethyl adjacent to an activating group) is 1. The fourth-order valence-electron chi connectivity index (χ4n) is 3.73. The molecule has 1 aliphatic heterocycles. The molecule has 1 aliphatic carbocycles. The van der Waals surface area contributed by atoms with Gasteiger partial charge in [-0.2, -0.15) is 0 Å². The minimum atomic E-state index is 0.915. The predicted molar refractivity (Wildman–Crippen MR) is 93.1 cm³/mol. The molecule has 22 heavy (non-hydrogen) atoms. The first-order chi connectivity index (χ1) is 10.7. The van der Waals surface area contributed by atoms with Crippen LogP contribution in [0.4, 0.5) is 5.82 Å². The average Bonchev–Trinajstić information content (AvgIpc) is 2.73. The molecule has 0 radical (unpaired) electrons. The van der Waals surface area contributed by atoms with Crippen LogP contribution in [0.25, 0.3) is 10.2 Å². The van der Waals surface area contributed by atoms with Crippen molar-refractivity contribution < 1.29 is 0 Å². The zero-order valence-corrected chi connectivity index (χ0v) is 14.4. The molecule has 0 atom stereocenters. The lowest BCUT2D eigenvalue weighted by Gasteiger charge is -2.23. The summed E-state index contributed by atoms with van der Waals surface area (Å²) in [4.78, 5) is 17.3. The van der Waals surface area contributed by atoms with Crippen molar-refractivity contribution in [2.24, 2.45) is 0 Å². The van der Waals surface area contributed by atoms with E-state index in [2.05, 4.69) is 16.8 Å². The van der Waals surface area contributed by atoms with Crippen LogP contribution < -0.4 is 4.90 Å². The monoisotopic (exact) mass is 316 g/mol. The number of fused-ring (bicyclic) bond motifs is 3. The lowest BCUT2D eigenvalue weighted by atomic mass is 9.97. The van der Waals surface area contributed by atoms with Crippen LogP contribution in [0.1, 0.15) is 35.5 Å². The van der Waals surface area contributed by atoms with Crippen molar-refractivity contribution in [2.45, 2.75) is 39.0 Å². The van der Waals surface area contributed by atoms with E-state index in [0.29, 0.717) is 0 Å². The third-order valence-corrected chi connectivity index (χ3v) is 6.11. The smallest absolute Gasteiger partial charge is 0.141 e. The number of nitrogens with zero attached hydrogens (tertiary/aromatic N) is 4. The molecule has 4 nitrogen and oxygen atoms in total. The summed E-state index contributed by atoms with van der Waals surface area (Å²) in [5.74, 6) is 2.12. The lowest BCUT2D eigenvalue weighted by Crippen LogP contribution is -2.29. The van der Waals surface area contributed by atoms with Crippen LogP contribution in [-0.2, 0) is 12.8 Å². The Bertz CT molecular complexity index is 694. The van der Waals surface area contributed by atoms with E-state index in [1.807, 2.05) is 18.3 Å². The largest absolute Gasteiger partial charge is 0.355 e. The maximum absolute atomic E-state index is 4.88. The highest BCUT2D eigenvalue weighted by molar-refractivity contribution is 7.19. The molecule has 118 valence electrons. The van der Waals surface area contributed by atoms with Gasteiger partial charge in [0.05, 0.1) is 5.39 Å². The molecule has 3 heterocycles. The van der Waals surface area contributed by atoms with E-state index in [1.165, 1.54) is 54.7 Å². The number of hydrogen-bond acceptors (Lipinski definition) is 5. The van der Waals surface area contributed by atoms with E-state index in [1.54, 1.807) is 10.4 Å². The molecule has 2 aromatic heterocycles. The van der Waals surface area contributed by atoms with Gasteiger partial charge in [0.25, 0.3) is 0 Å². The first kappa shape index (κ1) is 14.4. The van der Waals surface area contributed by atoms with Crippen LogP contribution in [0.5, 0.6) is 0 Å². The maximum atomic E-state index is 4.88. The molecule has 0 amide bonds. The predicted octanol–water partition coefficient (Wildman–Crippen LogP) is 3.02. The summed E-state index contributed by atoms with van der Waals surface area (Å²) in [6.45, 7) is 6.53. The van der Waals surface area contributed by atoms with Gasteiger partial charge in [-0.3, -0.25) is 0 Å². The fraction of sp³-hybridized carbons (Fsp3) is 0.647. The van der Waals surface area contributed by atoms with Gasteiger partial charge in [0.1, 0.15) is 16.5 Å². The quantitative estimate of drug-likeness (QED) is 0.809. The average molecular weight is 316 g/mol. The Balaban J connectivity index is 1.83. The fourth-order valence-corrected chi connectivity index (χ4v) is 5.03. The second-order valence-electron chi connectivity index (χ2n) is 6.63. The van der Waals surface area contributed by atoms with Gasteiger partial charge in [-0.25, -0.2) is 9.97 Å². The highest BCUT2D eigenvalue weighted by Crippen LogP contribution is 2.39. The summed E-state index contributed by atoms with van der Waals surface area (Å²) >= 11 is 1.91. The number of hydrogen-bond donors (Lipinski definition) is 0. The number of rotatable bonds is 1.